The largest absolute Gasteiger partial charge is 0.367 e. The van der Waals surface area contributed by atoms with Crippen molar-refractivity contribution >= 4 is 28.9 Å². The van der Waals surface area contributed by atoms with Gasteiger partial charge in [0.2, 0.25) is 0 Å². The van der Waals surface area contributed by atoms with Crippen LogP contribution in [0.5, 0.6) is 0 Å². The molecule has 0 spiro atoms. The van der Waals surface area contributed by atoms with Crippen molar-refractivity contribution in [2.75, 3.05) is 31.6 Å². The van der Waals surface area contributed by atoms with Crippen LogP contribution in [0.3, 0.4) is 0 Å². The van der Waals surface area contributed by atoms with Gasteiger partial charge < -0.3 is 9.80 Å². The van der Waals surface area contributed by atoms with Crippen LogP contribution in [0.2, 0.25) is 5.02 Å². The van der Waals surface area contributed by atoms with Gasteiger partial charge in [-0.05, 0) is 50.7 Å². The minimum absolute atomic E-state index is 0.501. The first-order valence-electron chi connectivity index (χ1n) is 6.41. The van der Waals surface area contributed by atoms with Crippen LogP contribution in [0, 0.1) is 0 Å². The van der Waals surface area contributed by atoms with Gasteiger partial charge in [-0.1, -0.05) is 11.6 Å². The number of hydrogen-bond acceptors (Lipinski definition) is 2. The predicted molar refractivity (Wildman–Crippen MR) is 79.9 cm³/mol. The zero-order chi connectivity index (χ0) is 13.1. The summed E-state index contributed by atoms with van der Waals surface area (Å²) < 4.78 is 0. The molecule has 0 aromatic heterocycles. The number of halogens is 2. The van der Waals surface area contributed by atoms with E-state index in [9.17, 15) is 0 Å². The molecule has 0 bridgehead atoms. The molecule has 1 aliphatic heterocycles. The van der Waals surface area contributed by atoms with E-state index in [0.717, 1.165) is 30.2 Å². The van der Waals surface area contributed by atoms with Gasteiger partial charge in [-0.25, -0.2) is 0 Å². The molecule has 1 aromatic rings. The van der Waals surface area contributed by atoms with E-state index in [1.54, 1.807) is 0 Å². The van der Waals surface area contributed by atoms with Crippen LogP contribution in [0.25, 0.3) is 0 Å². The average molecular weight is 287 g/mol. The van der Waals surface area contributed by atoms with E-state index < -0.39 is 0 Å². The number of benzene rings is 1. The number of alkyl halides is 1. The Balaban J connectivity index is 2.29. The molecule has 2 rings (SSSR count). The van der Waals surface area contributed by atoms with Crippen LogP contribution >= 0.6 is 23.2 Å². The fraction of sp³-hybridized carbons (Fsp3) is 0.571. The first-order chi connectivity index (χ1) is 8.61. The van der Waals surface area contributed by atoms with Crippen molar-refractivity contribution in [1.82, 2.24) is 4.90 Å². The van der Waals surface area contributed by atoms with E-state index in [1.165, 1.54) is 12.1 Å². The molecule has 1 aliphatic rings. The Morgan fingerprint density at radius 1 is 1.33 bits per heavy atom. The number of likely N-dealkylation sites (N-methyl/N-ethyl adjacent to an activating group) is 1. The topological polar surface area (TPSA) is 6.48 Å². The van der Waals surface area contributed by atoms with E-state index in [2.05, 4.69) is 29.8 Å². The number of nitrogens with zero attached hydrogens (tertiary/aromatic N) is 2. The molecule has 18 heavy (non-hydrogen) atoms. The predicted octanol–water partition coefficient (Wildman–Crippen LogP) is 3.61. The molecule has 2 nitrogen and oxygen atoms in total. The number of rotatable bonds is 2. The van der Waals surface area contributed by atoms with E-state index in [0.29, 0.717) is 11.9 Å². The lowest BCUT2D eigenvalue weighted by Gasteiger charge is -2.31. The maximum Gasteiger partial charge on any atom is 0.0495 e. The lowest BCUT2D eigenvalue weighted by atomic mass is 10.1. The molecule has 4 heteroatoms. The van der Waals surface area contributed by atoms with Gasteiger partial charge in [0.25, 0.3) is 0 Å². The van der Waals surface area contributed by atoms with E-state index >= 15 is 0 Å². The van der Waals surface area contributed by atoms with Crippen molar-refractivity contribution in [2.45, 2.75) is 25.3 Å². The third kappa shape index (κ3) is 3.11. The summed E-state index contributed by atoms with van der Waals surface area (Å²) in [5, 5.41) is 0.758. The molecule has 1 heterocycles. The summed E-state index contributed by atoms with van der Waals surface area (Å²) in [7, 11) is 2.18. The van der Waals surface area contributed by atoms with Crippen LogP contribution in [-0.2, 0) is 5.88 Å². The van der Waals surface area contributed by atoms with Gasteiger partial charge in [0.05, 0.1) is 0 Å². The summed E-state index contributed by atoms with van der Waals surface area (Å²) in [5.41, 5.74) is 2.36. The third-order valence-corrected chi connectivity index (χ3v) is 4.06. The fourth-order valence-corrected chi connectivity index (χ4v) is 3.08. The van der Waals surface area contributed by atoms with E-state index in [-0.39, 0.29) is 0 Å². The molecule has 1 saturated heterocycles. The minimum Gasteiger partial charge on any atom is -0.367 e. The van der Waals surface area contributed by atoms with Crippen molar-refractivity contribution in [2.24, 2.45) is 0 Å². The van der Waals surface area contributed by atoms with Crippen molar-refractivity contribution in [1.29, 1.82) is 0 Å². The summed E-state index contributed by atoms with van der Waals surface area (Å²) >= 11 is 12.1. The standard InChI is InChI=1S/C14H20Cl2N2/c1-11-10-17(2)6-3-7-18(11)14-5-4-13(16)8-12(14)9-15/h4-5,8,11H,3,6-7,9-10H2,1-2H3. The highest BCUT2D eigenvalue weighted by atomic mass is 35.5. The fourth-order valence-electron chi connectivity index (χ4n) is 2.67. The Bertz CT molecular complexity index is 409. The molecule has 0 N–H and O–H groups in total. The molecule has 0 aliphatic carbocycles. The Labute approximate surface area is 119 Å². The second kappa shape index (κ2) is 6.14. The summed E-state index contributed by atoms with van der Waals surface area (Å²) in [4.78, 5) is 4.85. The highest BCUT2D eigenvalue weighted by molar-refractivity contribution is 6.30. The number of hydrogen-bond donors (Lipinski definition) is 0. The molecule has 0 radical (unpaired) electrons. The highest BCUT2D eigenvalue weighted by Crippen LogP contribution is 2.28. The quantitative estimate of drug-likeness (QED) is 0.767. The lowest BCUT2D eigenvalue weighted by Crippen LogP contribution is -2.38. The van der Waals surface area contributed by atoms with Crippen molar-refractivity contribution in [3.8, 4) is 0 Å². The number of anilines is 1. The second-order valence-corrected chi connectivity index (χ2v) is 5.77. The van der Waals surface area contributed by atoms with Crippen LogP contribution in [0.1, 0.15) is 18.9 Å². The van der Waals surface area contributed by atoms with Crippen LogP contribution < -0.4 is 4.90 Å². The van der Waals surface area contributed by atoms with Gasteiger partial charge >= 0.3 is 0 Å². The Kier molecular flexibility index (Phi) is 4.77. The van der Waals surface area contributed by atoms with Crippen molar-refractivity contribution < 1.29 is 0 Å². The molecule has 0 saturated carbocycles. The SMILES string of the molecule is CC1CN(C)CCCN1c1ccc(Cl)cc1CCl. The molecule has 1 aromatic carbocycles. The zero-order valence-electron chi connectivity index (χ0n) is 11.0. The normalized spacial score (nSPS) is 22.0. The smallest absolute Gasteiger partial charge is 0.0495 e. The van der Waals surface area contributed by atoms with Gasteiger partial charge in [-0.3, -0.25) is 0 Å². The molecular weight excluding hydrogens is 267 g/mol. The first-order valence-corrected chi connectivity index (χ1v) is 7.32. The van der Waals surface area contributed by atoms with Gasteiger partial charge in [0.1, 0.15) is 0 Å². The minimum atomic E-state index is 0.501. The van der Waals surface area contributed by atoms with Gasteiger partial charge in [-0.15, -0.1) is 11.6 Å². The average Bonchev–Trinajstić information content (AvgIpc) is 2.50. The van der Waals surface area contributed by atoms with Crippen molar-refractivity contribution in [3.05, 3.63) is 28.8 Å². The van der Waals surface area contributed by atoms with E-state index in [4.69, 9.17) is 23.2 Å². The summed E-state index contributed by atoms with van der Waals surface area (Å²) in [6.45, 7) is 5.60. The summed E-state index contributed by atoms with van der Waals surface area (Å²) in [6, 6.07) is 6.53. The van der Waals surface area contributed by atoms with E-state index in [1.807, 2.05) is 12.1 Å². The Morgan fingerprint density at radius 3 is 2.83 bits per heavy atom. The van der Waals surface area contributed by atoms with Crippen molar-refractivity contribution in [3.63, 3.8) is 0 Å². The van der Waals surface area contributed by atoms with Gasteiger partial charge in [-0.2, -0.15) is 0 Å². The zero-order valence-corrected chi connectivity index (χ0v) is 12.5. The summed E-state index contributed by atoms with van der Waals surface area (Å²) in [5.74, 6) is 0.509. The maximum atomic E-state index is 6.04. The highest BCUT2D eigenvalue weighted by Gasteiger charge is 2.21. The van der Waals surface area contributed by atoms with Gasteiger partial charge in [0.15, 0.2) is 0 Å². The second-order valence-electron chi connectivity index (χ2n) is 5.06. The first kappa shape index (κ1) is 14.0. The third-order valence-electron chi connectivity index (χ3n) is 3.54. The Morgan fingerprint density at radius 2 is 2.11 bits per heavy atom. The molecule has 100 valence electrons. The molecule has 1 unspecified atom stereocenters. The van der Waals surface area contributed by atoms with Gasteiger partial charge in [0, 0.05) is 35.7 Å². The molecule has 1 atom stereocenters. The summed E-state index contributed by atoms with van der Waals surface area (Å²) in [6.07, 6.45) is 1.19. The van der Waals surface area contributed by atoms with Crippen LogP contribution in [0.15, 0.2) is 18.2 Å². The maximum absolute atomic E-state index is 6.04. The Hall–Kier alpha value is -0.440. The van der Waals surface area contributed by atoms with Crippen LogP contribution in [-0.4, -0.2) is 37.6 Å². The lowest BCUT2D eigenvalue weighted by molar-refractivity contribution is 0.337. The molecular formula is C14H20Cl2N2. The monoisotopic (exact) mass is 286 g/mol. The van der Waals surface area contributed by atoms with Crippen LogP contribution in [0.4, 0.5) is 5.69 Å². The molecule has 1 fully saturated rings. The molecule has 0 amide bonds.